The third-order valence-electron chi connectivity index (χ3n) is 2.81. The maximum Gasteiger partial charge on any atom is 0.122 e. The zero-order chi connectivity index (χ0) is 11.1. The van der Waals surface area contributed by atoms with Crippen LogP contribution in [-0.4, -0.2) is 31.6 Å². The molecule has 0 bridgehead atoms. The van der Waals surface area contributed by atoms with E-state index in [4.69, 9.17) is 4.74 Å². The third-order valence-corrected chi connectivity index (χ3v) is 2.81. The number of piperidine rings is 1. The fourth-order valence-corrected chi connectivity index (χ4v) is 1.95. The molecule has 0 aliphatic carbocycles. The Bertz CT molecular complexity index is 249. The molecule has 0 spiro atoms. The van der Waals surface area contributed by atoms with Crippen LogP contribution in [0.15, 0.2) is 36.6 Å². The Kier molecular flexibility index (Phi) is 5.19. The molecule has 0 unspecified atom stereocenters. The second-order valence-electron chi connectivity index (χ2n) is 3.84. The normalized spacial score (nSPS) is 19.3. The molecule has 84 valence electrons. The quantitative estimate of drug-likeness (QED) is 0.507. The molecule has 15 heavy (non-hydrogen) atoms. The summed E-state index contributed by atoms with van der Waals surface area (Å²) >= 11 is 0. The zero-order valence-electron chi connectivity index (χ0n) is 9.67. The summed E-state index contributed by atoms with van der Waals surface area (Å²) in [4.78, 5) is 2.45. The standard InChI is InChI=1S/C13H21NO/c1-4-12(13(5-2)15-3)11-14-9-7-6-8-10-14/h4-5H,1-2,6-11H2,3H3/b13-12-. The van der Waals surface area contributed by atoms with Crippen molar-refractivity contribution in [1.29, 1.82) is 0 Å². The summed E-state index contributed by atoms with van der Waals surface area (Å²) in [6.07, 6.45) is 7.60. The Balaban J connectivity index is 2.62. The summed E-state index contributed by atoms with van der Waals surface area (Å²) in [6, 6.07) is 0. The molecule has 1 aliphatic heterocycles. The van der Waals surface area contributed by atoms with E-state index in [1.54, 1.807) is 13.2 Å². The third kappa shape index (κ3) is 3.56. The van der Waals surface area contributed by atoms with Crippen LogP contribution in [0.1, 0.15) is 19.3 Å². The van der Waals surface area contributed by atoms with Crippen LogP contribution in [-0.2, 0) is 4.74 Å². The number of likely N-dealkylation sites (tertiary alicyclic amines) is 1. The molecule has 0 atom stereocenters. The molecular weight excluding hydrogens is 186 g/mol. The summed E-state index contributed by atoms with van der Waals surface area (Å²) in [5, 5.41) is 0. The molecule has 0 amide bonds. The van der Waals surface area contributed by atoms with E-state index in [1.807, 2.05) is 6.08 Å². The lowest BCUT2D eigenvalue weighted by Crippen LogP contribution is -2.31. The smallest absolute Gasteiger partial charge is 0.122 e. The average Bonchev–Trinajstić information content (AvgIpc) is 2.30. The molecule has 1 saturated heterocycles. The largest absolute Gasteiger partial charge is 0.496 e. The van der Waals surface area contributed by atoms with Gasteiger partial charge < -0.3 is 4.74 Å². The van der Waals surface area contributed by atoms with Gasteiger partial charge in [-0.05, 0) is 32.0 Å². The SMILES string of the molecule is C=C/C(CN1CCCCC1)=C(\C=C)OC. The zero-order valence-corrected chi connectivity index (χ0v) is 9.67. The van der Waals surface area contributed by atoms with Crippen molar-refractivity contribution in [2.24, 2.45) is 0 Å². The lowest BCUT2D eigenvalue weighted by atomic mass is 10.1. The van der Waals surface area contributed by atoms with Crippen LogP contribution in [0, 0.1) is 0 Å². The van der Waals surface area contributed by atoms with E-state index in [0.717, 1.165) is 17.9 Å². The van der Waals surface area contributed by atoms with Crippen molar-refractivity contribution < 1.29 is 4.74 Å². The van der Waals surface area contributed by atoms with Gasteiger partial charge in [0.2, 0.25) is 0 Å². The van der Waals surface area contributed by atoms with E-state index in [1.165, 1.54) is 32.4 Å². The van der Waals surface area contributed by atoms with E-state index in [-0.39, 0.29) is 0 Å². The minimum absolute atomic E-state index is 0.843. The second kappa shape index (κ2) is 6.46. The minimum atomic E-state index is 0.843. The number of hydrogen-bond donors (Lipinski definition) is 0. The van der Waals surface area contributed by atoms with Gasteiger partial charge in [0.1, 0.15) is 5.76 Å². The maximum absolute atomic E-state index is 5.26. The predicted molar refractivity (Wildman–Crippen MR) is 64.7 cm³/mol. The van der Waals surface area contributed by atoms with Crippen molar-refractivity contribution in [2.75, 3.05) is 26.7 Å². The monoisotopic (exact) mass is 207 g/mol. The van der Waals surface area contributed by atoms with Gasteiger partial charge in [-0.3, -0.25) is 4.90 Å². The van der Waals surface area contributed by atoms with E-state index in [2.05, 4.69) is 18.1 Å². The number of allylic oxidation sites excluding steroid dienone is 1. The lowest BCUT2D eigenvalue weighted by molar-refractivity contribution is 0.240. The van der Waals surface area contributed by atoms with Gasteiger partial charge in [-0.15, -0.1) is 0 Å². The molecule has 2 nitrogen and oxygen atoms in total. The molecule has 1 aliphatic rings. The summed E-state index contributed by atoms with van der Waals surface area (Å²) in [5.74, 6) is 0.843. The van der Waals surface area contributed by atoms with Crippen LogP contribution in [0.2, 0.25) is 0 Å². The Hall–Kier alpha value is -1.02. The van der Waals surface area contributed by atoms with Crippen molar-refractivity contribution in [3.8, 4) is 0 Å². The Morgan fingerprint density at radius 2 is 1.87 bits per heavy atom. The van der Waals surface area contributed by atoms with Gasteiger partial charge in [-0.1, -0.05) is 25.7 Å². The molecule has 0 aromatic carbocycles. The van der Waals surface area contributed by atoms with E-state index in [9.17, 15) is 0 Å². The predicted octanol–water partition coefficient (Wildman–Crippen LogP) is 2.74. The number of hydrogen-bond acceptors (Lipinski definition) is 2. The number of rotatable bonds is 5. The number of ether oxygens (including phenoxy) is 1. The summed E-state index contributed by atoms with van der Waals surface area (Å²) in [5.41, 5.74) is 1.13. The van der Waals surface area contributed by atoms with E-state index >= 15 is 0 Å². The maximum atomic E-state index is 5.26. The highest BCUT2D eigenvalue weighted by Gasteiger charge is 2.12. The van der Waals surface area contributed by atoms with Gasteiger partial charge in [-0.2, -0.15) is 0 Å². The fourth-order valence-electron chi connectivity index (χ4n) is 1.95. The van der Waals surface area contributed by atoms with Crippen molar-refractivity contribution in [3.63, 3.8) is 0 Å². The number of methoxy groups -OCH3 is 1. The number of nitrogens with zero attached hydrogens (tertiary/aromatic N) is 1. The van der Waals surface area contributed by atoms with Gasteiger partial charge in [-0.25, -0.2) is 0 Å². The fraction of sp³-hybridized carbons (Fsp3) is 0.538. The van der Waals surface area contributed by atoms with Crippen LogP contribution < -0.4 is 0 Å². The molecule has 0 aromatic heterocycles. The van der Waals surface area contributed by atoms with Crippen LogP contribution in [0.4, 0.5) is 0 Å². The van der Waals surface area contributed by atoms with Crippen LogP contribution in [0.5, 0.6) is 0 Å². The van der Waals surface area contributed by atoms with Crippen LogP contribution >= 0.6 is 0 Å². The molecular formula is C13H21NO. The summed E-state index contributed by atoms with van der Waals surface area (Å²) < 4.78 is 5.26. The summed E-state index contributed by atoms with van der Waals surface area (Å²) in [7, 11) is 1.68. The van der Waals surface area contributed by atoms with Crippen molar-refractivity contribution in [2.45, 2.75) is 19.3 Å². The van der Waals surface area contributed by atoms with Gasteiger partial charge in [0, 0.05) is 12.1 Å². The average molecular weight is 207 g/mol. The topological polar surface area (TPSA) is 12.5 Å². The summed E-state index contributed by atoms with van der Waals surface area (Å²) in [6.45, 7) is 10.9. The van der Waals surface area contributed by atoms with Gasteiger partial charge in [0.15, 0.2) is 0 Å². The van der Waals surface area contributed by atoms with Gasteiger partial charge in [0.05, 0.1) is 7.11 Å². The first kappa shape index (κ1) is 12.1. The van der Waals surface area contributed by atoms with Crippen molar-refractivity contribution in [1.82, 2.24) is 4.90 Å². The van der Waals surface area contributed by atoms with Gasteiger partial charge in [0.25, 0.3) is 0 Å². The highest BCUT2D eigenvalue weighted by atomic mass is 16.5. The van der Waals surface area contributed by atoms with Crippen LogP contribution in [0.3, 0.4) is 0 Å². The highest BCUT2D eigenvalue weighted by molar-refractivity contribution is 5.28. The Morgan fingerprint density at radius 3 is 2.33 bits per heavy atom. The van der Waals surface area contributed by atoms with E-state index < -0.39 is 0 Å². The molecule has 1 fully saturated rings. The minimum Gasteiger partial charge on any atom is -0.496 e. The lowest BCUT2D eigenvalue weighted by Gasteiger charge is -2.27. The Morgan fingerprint density at radius 1 is 1.20 bits per heavy atom. The molecule has 0 radical (unpaired) electrons. The molecule has 1 heterocycles. The second-order valence-corrected chi connectivity index (χ2v) is 3.84. The molecule has 0 N–H and O–H groups in total. The van der Waals surface area contributed by atoms with Crippen molar-refractivity contribution in [3.05, 3.63) is 36.6 Å². The molecule has 0 aromatic rings. The van der Waals surface area contributed by atoms with Crippen LogP contribution in [0.25, 0.3) is 0 Å². The van der Waals surface area contributed by atoms with Crippen molar-refractivity contribution >= 4 is 0 Å². The first-order valence-corrected chi connectivity index (χ1v) is 5.56. The first-order valence-electron chi connectivity index (χ1n) is 5.56. The molecule has 2 heteroatoms. The molecule has 0 saturated carbocycles. The molecule has 1 rings (SSSR count). The first-order chi connectivity index (χ1) is 7.31. The highest BCUT2D eigenvalue weighted by Crippen LogP contribution is 2.14. The van der Waals surface area contributed by atoms with E-state index in [0.29, 0.717) is 0 Å². The Labute approximate surface area is 92.9 Å². The van der Waals surface area contributed by atoms with Gasteiger partial charge >= 0.3 is 0 Å².